The minimum absolute atomic E-state index is 0.0748. The van der Waals surface area contributed by atoms with Crippen LogP contribution < -0.4 is 5.32 Å². The molecule has 3 nitrogen and oxygen atoms in total. The molecule has 1 amide bonds. The molecule has 0 aliphatic rings. The number of carbonyl (C=O) groups excluding carboxylic acids is 1. The maximum Gasteiger partial charge on any atom is 0.220 e. The fourth-order valence-corrected chi connectivity index (χ4v) is 3.09. The average molecular weight is 383 g/mol. The fraction of sp³-hybridized carbons (Fsp3) is 0.316. The Morgan fingerprint density at radius 3 is 2.60 bits per heavy atom. The largest absolute Gasteiger partial charge is 0.354 e. The summed E-state index contributed by atoms with van der Waals surface area (Å²) in [6, 6.07) is 11.6. The fourth-order valence-electron chi connectivity index (χ4n) is 2.58. The number of rotatable bonds is 7. The Hall–Kier alpha value is -1.62. The molecule has 0 heterocycles. The van der Waals surface area contributed by atoms with Gasteiger partial charge < -0.3 is 10.2 Å². The highest BCUT2D eigenvalue weighted by Gasteiger charge is 2.16. The highest BCUT2D eigenvalue weighted by Crippen LogP contribution is 2.22. The van der Waals surface area contributed by atoms with Crippen LogP contribution in [0.4, 0.5) is 4.39 Å². The topological polar surface area (TPSA) is 32.3 Å². The number of nitrogens with one attached hydrogen (secondary N) is 1. The molecule has 2 aromatic carbocycles. The van der Waals surface area contributed by atoms with E-state index in [2.05, 4.69) is 5.32 Å². The summed E-state index contributed by atoms with van der Waals surface area (Å²) >= 11 is 12.0. The lowest BCUT2D eigenvalue weighted by Crippen LogP contribution is -2.34. The maximum absolute atomic E-state index is 13.4. The van der Waals surface area contributed by atoms with E-state index in [1.807, 2.05) is 31.1 Å². The van der Waals surface area contributed by atoms with Crippen molar-refractivity contribution in [1.29, 1.82) is 0 Å². The number of likely N-dealkylation sites (N-methyl/N-ethyl adjacent to an activating group) is 1. The van der Waals surface area contributed by atoms with E-state index >= 15 is 0 Å². The quantitative estimate of drug-likeness (QED) is 0.765. The molecule has 2 aromatic rings. The van der Waals surface area contributed by atoms with Crippen molar-refractivity contribution in [3.8, 4) is 0 Å². The van der Waals surface area contributed by atoms with Gasteiger partial charge in [0.25, 0.3) is 0 Å². The molecule has 0 aliphatic carbocycles. The molecule has 25 heavy (non-hydrogen) atoms. The normalized spacial score (nSPS) is 12.2. The number of halogens is 3. The van der Waals surface area contributed by atoms with E-state index in [-0.39, 0.29) is 17.8 Å². The van der Waals surface area contributed by atoms with E-state index in [1.54, 1.807) is 18.2 Å². The smallest absolute Gasteiger partial charge is 0.220 e. The van der Waals surface area contributed by atoms with Gasteiger partial charge in [-0.1, -0.05) is 41.4 Å². The Labute approximate surface area is 157 Å². The van der Waals surface area contributed by atoms with Gasteiger partial charge >= 0.3 is 0 Å². The molecule has 1 unspecified atom stereocenters. The first-order chi connectivity index (χ1) is 11.9. The third-order valence-electron chi connectivity index (χ3n) is 3.99. The van der Waals surface area contributed by atoms with Gasteiger partial charge in [0.05, 0.1) is 6.04 Å². The van der Waals surface area contributed by atoms with Crippen LogP contribution in [0, 0.1) is 5.82 Å². The first-order valence-corrected chi connectivity index (χ1v) is 8.75. The molecular formula is C19H21Cl2FN2O. The molecular weight excluding hydrogens is 362 g/mol. The number of hydrogen-bond acceptors (Lipinski definition) is 2. The van der Waals surface area contributed by atoms with Gasteiger partial charge in [0.15, 0.2) is 0 Å². The molecule has 0 bridgehead atoms. The number of carbonyl (C=O) groups is 1. The van der Waals surface area contributed by atoms with Crippen LogP contribution in [-0.2, 0) is 11.2 Å². The van der Waals surface area contributed by atoms with Crippen LogP contribution in [0.25, 0.3) is 0 Å². The summed E-state index contributed by atoms with van der Waals surface area (Å²) in [5.41, 5.74) is 1.71. The van der Waals surface area contributed by atoms with Crippen LogP contribution in [-0.4, -0.2) is 31.4 Å². The Balaban J connectivity index is 1.91. The number of aryl methyl sites for hydroxylation is 1. The summed E-state index contributed by atoms with van der Waals surface area (Å²) in [6.07, 6.45) is 0.860. The zero-order valence-corrected chi connectivity index (χ0v) is 15.7. The highest BCUT2D eigenvalue weighted by atomic mass is 35.5. The van der Waals surface area contributed by atoms with Gasteiger partial charge in [0, 0.05) is 23.0 Å². The van der Waals surface area contributed by atoms with E-state index in [1.165, 1.54) is 12.1 Å². The molecule has 2 rings (SSSR count). The van der Waals surface area contributed by atoms with Gasteiger partial charge in [-0.15, -0.1) is 0 Å². The molecule has 0 fully saturated rings. The summed E-state index contributed by atoms with van der Waals surface area (Å²) in [5.74, 6) is -0.359. The van der Waals surface area contributed by atoms with Gasteiger partial charge in [-0.3, -0.25) is 4.79 Å². The van der Waals surface area contributed by atoms with Gasteiger partial charge in [0.2, 0.25) is 5.91 Å². The SMILES string of the molecule is CN(C)C(CNC(=O)CCc1ccc(Cl)cc1Cl)c1cccc(F)c1. The van der Waals surface area contributed by atoms with Crippen LogP contribution in [0.15, 0.2) is 42.5 Å². The first kappa shape index (κ1) is 19.7. The molecule has 6 heteroatoms. The Bertz CT molecular complexity index is 737. The van der Waals surface area contributed by atoms with Crippen LogP contribution in [0.3, 0.4) is 0 Å². The van der Waals surface area contributed by atoms with Crippen molar-refractivity contribution in [1.82, 2.24) is 10.2 Å². The number of nitrogens with zero attached hydrogens (tertiary/aromatic N) is 1. The number of benzene rings is 2. The molecule has 0 saturated carbocycles. The van der Waals surface area contributed by atoms with Gasteiger partial charge in [0.1, 0.15) is 5.82 Å². The second kappa shape index (κ2) is 9.18. The van der Waals surface area contributed by atoms with Crippen LogP contribution in [0.2, 0.25) is 10.0 Å². The predicted octanol–water partition coefficient (Wildman–Crippen LogP) is 4.48. The second-order valence-electron chi connectivity index (χ2n) is 6.07. The van der Waals surface area contributed by atoms with Crippen molar-refractivity contribution in [3.63, 3.8) is 0 Å². The standard InChI is InChI=1S/C19H21Cl2FN2O/c1-24(2)18(14-4-3-5-16(22)10-14)12-23-19(25)9-7-13-6-8-15(20)11-17(13)21/h3-6,8,10-11,18H,7,9,12H2,1-2H3,(H,23,25). The summed E-state index contributed by atoms with van der Waals surface area (Å²) in [4.78, 5) is 14.1. The van der Waals surface area contributed by atoms with Crippen LogP contribution in [0.1, 0.15) is 23.6 Å². The lowest BCUT2D eigenvalue weighted by atomic mass is 10.1. The third-order valence-corrected chi connectivity index (χ3v) is 4.57. The second-order valence-corrected chi connectivity index (χ2v) is 6.92. The molecule has 0 radical (unpaired) electrons. The van der Waals surface area contributed by atoms with E-state index in [4.69, 9.17) is 23.2 Å². The minimum atomic E-state index is -0.284. The molecule has 0 spiro atoms. The van der Waals surface area contributed by atoms with E-state index < -0.39 is 0 Å². The zero-order valence-electron chi connectivity index (χ0n) is 14.2. The number of amides is 1. The average Bonchev–Trinajstić information content (AvgIpc) is 2.54. The van der Waals surface area contributed by atoms with Crippen molar-refractivity contribution in [3.05, 3.63) is 69.5 Å². The molecule has 1 atom stereocenters. The molecule has 134 valence electrons. The van der Waals surface area contributed by atoms with E-state index in [0.717, 1.165) is 11.1 Å². The van der Waals surface area contributed by atoms with Crippen molar-refractivity contribution < 1.29 is 9.18 Å². The Morgan fingerprint density at radius 2 is 1.96 bits per heavy atom. The third kappa shape index (κ3) is 5.99. The Kier molecular flexibility index (Phi) is 7.24. The van der Waals surface area contributed by atoms with Crippen LogP contribution in [0.5, 0.6) is 0 Å². The summed E-state index contributed by atoms with van der Waals surface area (Å²) < 4.78 is 13.4. The van der Waals surface area contributed by atoms with E-state index in [9.17, 15) is 9.18 Å². The van der Waals surface area contributed by atoms with Crippen molar-refractivity contribution in [2.75, 3.05) is 20.6 Å². The minimum Gasteiger partial charge on any atom is -0.354 e. The first-order valence-electron chi connectivity index (χ1n) is 7.99. The monoisotopic (exact) mass is 382 g/mol. The van der Waals surface area contributed by atoms with Gasteiger partial charge in [-0.25, -0.2) is 4.39 Å². The van der Waals surface area contributed by atoms with Crippen molar-refractivity contribution in [2.45, 2.75) is 18.9 Å². The molecule has 0 saturated heterocycles. The highest BCUT2D eigenvalue weighted by molar-refractivity contribution is 6.35. The number of hydrogen-bond donors (Lipinski definition) is 1. The molecule has 1 N–H and O–H groups in total. The lowest BCUT2D eigenvalue weighted by molar-refractivity contribution is -0.121. The lowest BCUT2D eigenvalue weighted by Gasteiger charge is -2.25. The summed E-state index contributed by atoms with van der Waals surface area (Å²) in [6.45, 7) is 0.406. The Morgan fingerprint density at radius 1 is 1.20 bits per heavy atom. The van der Waals surface area contributed by atoms with Gasteiger partial charge in [-0.05, 0) is 55.9 Å². The van der Waals surface area contributed by atoms with Gasteiger partial charge in [-0.2, -0.15) is 0 Å². The van der Waals surface area contributed by atoms with Crippen molar-refractivity contribution in [2.24, 2.45) is 0 Å². The summed E-state index contributed by atoms with van der Waals surface area (Å²) in [5, 5.41) is 4.04. The molecule has 0 aliphatic heterocycles. The van der Waals surface area contributed by atoms with Crippen LogP contribution >= 0.6 is 23.2 Å². The zero-order chi connectivity index (χ0) is 18.4. The molecule has 0 aromatic heterocycles. The maximum atomic E-state index is 13.4. The predicted molar refractivity (Wildman–Crippen MR) is 101 cm³/mol. The van der Waals surface area contributed by atoms with Crippen molar-refractivity contribution >= 4 is 29.1 Å². The summed E-state index contributed by atoms with van der Waals surface area (Å²) in [7, 11) is 3.80. The van der Waals surface area contributed by atoms with E-state index in [0.29, 0.717) is 29.4 Å².